The number of halogens is 1. The first-order chi connectivity index (χ1) is 18.4. The number of rotatable bonds is 12. The Morgan fingerprint density at radius 1 is 0.974 bits per heavy atom. The fourth-order valence-corrected chi connectivity index (χ4v) is 5.83. The lowest BCUT2D eigenvalue weighted by Gasteiger charge is -2.19. The SMILES string of the molecule is COC(=O)c1ccccc1CCC(SCCC(=O)O)c1cccc(CCc2ccc3ccc(Cl)cc3n2)c1. The number of ether oxygens (including phenoxy) is 1. The van der Waals surface area contributed by atoms with Crippen LogP contribution in [0.15, 0.2) is 78.9 Å². The topological polar surface area (TPSA) is 76.5 Å². The highest BCUT2D eigenvalue weighted by Crippen LogP contribution is 2.35. The molecule has 38 heavy (non-hydrogen) atoms. The normalized spacial score (nSPS) is 11.8. The van der Waals surface area contributed by atoms with Gasteiger partial charge in [-0.2, -0.15) is 11.8 Å². The van der Waals surface area contributed by atoms with Crippen LogP contribution < -0.4 is 0 Å². The molecule has 1 aromatic heterocycles. The number of esters is 1. The van der Waals surface area contributed by atoms with Gasteiger partial charge in [0.05, 0.1) is 24.6 Å². The van der Waals surface area contributed by atoms with Gasteiger partial charge in [0.15, 0.2) is 0 Å². The molecule has 196 valence electrons. The zero-order valence-corrected chi connectivity index (χ0v) is 22.8. The second-order valence-corrected chi connectivity index (χ2v) is 10.8. The van der Waals surface area contributed by atoms with E-state index in [4.69, 9.17) is 26.4 Å². The number of pyridine rings is 1. The van der Waals surface area contributed by atoms with Crippen LogP contribution in [0.4, 0.5) is 0 Å². The molecule has 1 heterocycles. The Labute approximate surface area is 232 Å². The number of fused-ring (bicyclic) bond motifs is 1. The molecule has 4 rings (SSSR count). The molecule has 7 heteroatoms. The van der Waals surface area contributed by atoms with Gasteiger partial charge in [-0.1, -0.05) is 66.2 Å². The van der Waals surface area contributed by atoms with Crippen molar-refractivity contribution in [3.05, 3.63) is 112 Å². The minimum atomic E-state index is -0.801. The Balaban J connectivity index is 1.48. The molecule has 0 fully saturated rings. The highest BCUT2D eigenvalue weighted by atomic mass is 35.5. The number of aryl methyl sites for hydroxylation is 3. The molecule has 3 aromatic carbocycles. The predicted octanol–water partition coefficient (Wildman–Crippen LogP) is 7.34. The summed E-state index contributed by atoms with van der Waals surface area (Å²) in [5.41, 5.74) is 5.77. The molecule has 0 aliphatic heterocycles. The van der Waals surface area contributed by atoms with Gasteiger partial charge in [-0.25, -0.2) is 4.79 Å². The molecule has 1 N–H and O–H groups in total. The van der Waals surface area contributed by atoms with Crippen LogP contribution in [-0.4, -0.2) is 34.9 Å². The monoisotopic (exact) mass is 547 g/mol. The van der Waals surface area contributed by atoms with E-state index in [1.54, 1.807) is 17.8 Å². The number of hydrogen-bond donors (Lipinski definition) is 1. The number of aromatic nitrogens is 1. The number of methoxy groups -OCH3 is 1. The number of nitrogens with zero attached hydrogens (tertiary/aromatic N) is 1. The van der Waals surface area contributed by atoms with E-state index in [-0.39, 0.29) is 17.6 Å². The lowest BCUT2D eigenvalue weighted by Crippen LogP contribution is -2.07. The number of carboxylic acids is 1. The van der Waals surface area contributed by atoms with Crippen molar-refractivity contribution in [1.82, 2.24) is 4.98 Å². The maximum absolute atomic E-state index is 12.2. The summed E-state index contributed by atoms with van der Waals surface area (Å²) in [6, 6.07) is 25.8. The van der Waals surface area contributed by atoms with E-state index in [2.05, 4.69) is 36.4 Å². The number of carbonyl (C=O) groups excluding carboxylic acids is 1. The number of thioether (sulfide) groups is 1. The highest BCUT2D eigenvalue weighted by molar-refractivity contribution is 7.99. The molecule has 0 aliphatic carbocycles. The van der Waals surface area contributed by atoms with E-state index in [9.17, 15) is 9.59 Å². The van der Waals surface area contributed by atoms with Crippen LogP contribution in [0, 0.1) is 0 Å². The summed E-state index contributed by atoms with van der Waals surface area (Å²) in [6.07, 6.45) is 3.20. The van der Waals surface area contributed by atoms with Gasteiger partial charge >= 0.3 is 11.9 Å². The first-order valence-electron chi connectivity index (χ1n) is 12.6. The maximum Gasteiger partial charge on any atom is 0.338 e. The quantitative estimate of drug-likeness (QED) is 0.187. The summed E-state index contributed by atoms with van der Waals surface area (Å²) in [7, 11) is 1.39. The average molecular weight is 548 g/mol. The summed E-state index contributed by atoms with van der Waals surface area (Å²) < 4.78 is 4.95. The zero-order chi connectivity index (χ0) is 26.9. The molecule has 0 radical (unpaired) electrons. The van der Waals surface area contributed by atoms with Gasteiger partial charge < -0.3 is 9.84 Å². The van der Waals surface area contributed by atoms with E-state index in [1.807, 2.05) is 36.4 Å². The van der Waals surface area contributed by atoms with E-state index >= 15 is 0 Å². The lowest BCUT2D eigenvalue weighted by molar-refractivity contribution is -0.136. The molecule has 4 aromatic rings. The van der Waals surface area contributed by atoms with Gasteiger partial charge in [0.25, 0.3) is 0 Å². The summed E-state index contributed by atoms with van der Waals surface area (Å²) in [6.45, 7) is 0. The fourth-order valence-electron chi connectivity index (χ4n) is 4.46. The average Bonchev–Trinajstić information content (AvgIpc) is 2.93. The fraction of sp³-hybridized carbons (Fsp3) is 0.258. The van der Waals surface area contributed by atoms with Crippen LogP contribution in [0.5, 0.6) is 0 Å². The number of carbonyl (C=O) groups is 2. The number of carboxylic acid groups (broad SMARTS) is 1. The van der Waals surface area contributed by atoms with Crippen LogP contribution in [0.1, 0.15) is 50.8 Å². The van der Waals surface area contributed by atoms with Crippen molar-refractivity contribution in [2.24, 2.45) is 0 Å². The van der Waals surface area contributed by atoms with E-state index in [0.717, 1.165) is 47.0 Å². The van der Waals surface area contributed by atoms with Crippen LogP contribution in [0.25, 0.3) is 10.9 Å². The molecule has 1 unspecified atom stereocenters. The van der Waals surface area contributed by atoms with Crippen molar-refractivity contribution < 1.29 is 19.4 Å². The van der Waals surface area contributed by atoms with Crippen LogP contribution in [-0.2, 0) is 28.8 Å². The van der Waals surface area contributed by atoms with Crippen molar-refractivity contribution in [3.63, 3.8) is 0 Å². The molecular formula is C31H30ClNO4S. The molecule has 0 bridgehead atoms. The Bertz CT molecular complexity index is 1420. The summed E-state index contributed by atoms with van der Waals surface area (Å²) in [5, 5.41) is 11.0. The number of hydrogen-bond acceptors (Lipinski definition) is 5. The standard InChI is InChI=1S/C31H30ClNO4S/c1-37-31(36)27-8-3-2-6-22(27)12-16-29(38-18-17-30(34)35)24-7-4-5-21(19-24)9-14-26-15-11-23-10-13-25(32)20-28(23)33-26/h2-8,10-11,13,15,19-20,29H,9,12,14,16-18H2,1H3,(H,34,35). The predicted molar refractivity (Wildman–Crippen MR) is 154 cm³/mol. The molecule has 0 saturated heterocycles. The Morgan fingerprint density at radius 3 is 2.61 bits per heavy atom. The Hall–Kier alpha value is -3.35. The molecule has 5 nitrogen and oxygen atoms in total. The van der Waals surface area contributed by atoms with Gasteiger partial charge in [0, 0.05) is 27.1 Å². The highest BCUT2D eigenvalue weighted by Gasteiger charge is 2.17. The van der Waals surface area contributed by atoms with E-state index in [0.29, 0.717) is 22.8 Å². The van der Waals surface area contributed by atoms with E-state index in [1.165, 1.54) is 12.7 Å². The van der Waals surface area contributed by atoms with Gasteiger partial charge in [0.1, 0.15) is 0 Å². The second kappa shape index (κ2) is 13.4. The lowest BCUT2D eigenvalue weighted by atomic mass is 9.97. The van der Waals surface area contributed by atoms with Gasteiger partial charge in [-0.05, 0) is 66.6 Å². The smallest absolute Gasteiger partial charge is 0.338 e. The van der Waals surface area contributed by atoms with Crippen LogP contribution in [0.3, 0.4) is 0 Å². The zero-order valence-electron chi connectivity index (χ0n) is 21.2. The van der Waals surface area contributed by atoms with E-state index < -0.39 is 5.97 Å². The summed E-state index contributed by atoms with van der Waals surface area (Å²) >= 11 is 7.79. The third kappa shape index (κ3) is 7.59. The maximum atomic E-state index is 12.2. The molecular weight excluding hydrogens is 518 g/mol. The first-order valence-corrected chi connectivity index (χ1v) is 14.0. The number of aliphatic carboxylic acids is 1. The van der Waals surface area contributed by atoms with Gasteiger partial charge in [-0.15, -0.1) is 0 Å². The molecule has 0 saturated carbocycles. The minimum Gasteiger partial charge on any atom is -0.481 e. The minimum absolute atomic E-state index is 0.0981. The summed E-state index contributed by atoms with van der Waals surface area (Å²) in [4.78, 5) is 28.1. The van der Waals surface area contributed by atoms with Crippen LogP contribution >= 0.6 is 23.4 Å². The molecule has 0 spiro atoms. The van der Waals surface area contributed by atoms with Crippen molar-refractivity contribution in [3.8, 4) is 0 Å². The molecule has 0 aliphatic rings. The summed E-state index contributed by atoms with van der Waals surface area (Å²) in [5.74, 6) is -0.626. The first kappa shape index (κ1) is 27.7. The van der Waals surface area contributed by atoms with Gasteiger partial charge in [0.2, 0.25) is 0 Å². The number of benzene rings is 3. The third-order valence-corrected chi connectivity index (χ3v) is 8.02. The molecule has 0 amide bonds. The van der Waals surface area contributed by atoms with Crippen molar-refractivity contribution >= 4 is 46.2 Å². The van der Waals surface area contributed by atoms with Gasteiger partial charge in [-0.3, -0.25) is 9.78 Å². The van der Waals surface area contributed by atoms with Crippen molar-refractivity contribution in [2.75, 3.05) is 12.9 Å². The van der Waals surface area contributed by atoms with Crippen molar-refractivity contribution in [2.45, 2.75) is 37.4 Å². The Morgan fingerprint density at radius 2 is 1.79 bits per heavy atom. The van der Waals surface area contributed by atoms with Crippen molar-refractivity contribution in [1.29, 1.82) is 0 Å². The Kier molecular flexibility index (Phi) is 9.79. The second-order valence-electron chi connectivity index (χ2n) is 9.08. The van der Waals surface area contributed by atoms with Crippen LogP contribution in [0.2, 0.25) is 5.02 Å². The third-order valence-electron chi connectivity index (χ3n) is 6.44. The largest absolute Gasteiger partial charge is 0.481 e. The molecule has 1 atom stereocenters.